The molecule has 0 bridgehead atoms. The summed E-state index contributed by atoms with van der Waals surface area (Å²) < 4.78 is 38.3. The van der Waals surface area contributed by atoms with Crippen LogP contribution in [0.2, 0.25) is 0 Å². The van der Waals surface area contributed by atoms with Crippen LogP contribution in [0.3, 0.4) is 0 Å². The average Bonchev–Trinajstić information content (AvgIpc) is 2.72. The molecule has 4 nitrogen and oxygen atoms in total. The first kappa shape index (κ1) is 20.1. The smallest absolute Gasteiger partial charge is 0.278 e. The molecule has 0 aliphatic heterocycles. The van der Waals surface area contributed by atoms with Gasteiger partial charge < -0.3 is 14.8 Å². The second-order valence-electron chi connectivity index (χ2n) is 6.16. The summed E-state index contributed by atoms with van der Waals surface area (Å²) in [7, 11) is 0. The SMILES string of the molecule is C[C@@H](Oc1ccc(OC(F)=Cc2ccccc2)cc1)C(=O)Nc1ccccc1F. The van der Waals surface area contributed by atoms with Gasteiger partial charge in [-0.3, -0.25) is 4.79 Å². The zero-order chi connectivity index (χ0) is 20.6. The highest BCUT2D eigenvalue weighted by molar-refractivity contribution is 5.94. The molecule has 1 N–H and O–H groups in total. The van der Waals surface area contributed by atoms with E-state index in [1.165, 1.54) is 36.4 Å². The standard InChI is InChI=1S/C23H19F2NO3/c1-16(23(27)26-21-10-6-5-9-20(21)24)28-18-11-13-19(14-12-18)29-22(25)15-17-7-3-2-4-8-17/h2-16H,1H3,(H,26,27)/t16-/m1/s1. The maximum absolute atomic E-state index is 14.0. The molecule has 3 aromatic carbocycles. The second kappa shape index (κ2) is 9.50. The third-order valence-electron chi connectivity index (χ3n) is 3.93. The lowest BCUT2D eigenvalue weighted by Crippen LogP contribution is -2.30. The van der Waals surface area contributed by atoms with Crippen molar-refractivity contribution < 1.29 is 23.0 Å². The molecule has 29 heavy (non-hydrogen) atoms. The van der Waals surface area contributed by atoms with Gasteiger partial charge in [-0.05, 0) is 48.9 Å². The number of hydrogen-bond acceptors (Lipinski definition) is 3. The molecular weight excluding hydrogens is 376 g/mol. The Balaban J connectivity index is 1.56. The van der Waals surface area contributed by atoms with Crippen molar-refractivity contribution >= 4 is 17.7 Å². The van der Waals surface area contributed by atoms with Crippen molar-refractivity contribution in [1.29, 1.82) is 0 Å². The highest BCUT2D eigenvalue weighted by atomic mass is 19.1. The third kappa shape index (κ3) is 5.90. The third-order valence-corrected chi connectivity index (χ3v) is 3.93. The van der Waals surface area contributed by atoms with E-state index in [1.54, 1.807) is 49.4 Å². The minimum Gasteiger partial charge on any atom is -0.481 e. The first-order chi connectivity index (χ1) is 14.0. The number of anilines is 1. The highest BCUT2D eigenvalue weighted by Crippen LogP contribution is 2.22. The van der Waals surface area contributed by atoms with Crippen LogP contribution in [0.15, 0.2) is 84.9 Å². The minimum atomic E-state index is -0.865. The number of halogens is 2. The Kier molecular flexibility index (Phi) is 6.58. The molecule has 3 rings (SSSR count). The summed E-state index contributed by atoms with van der Waals surface area (Å²) in [6.45, 7) is 1.54. The van der Waals surface area contributed by atoms with Gasteiger partial charge in [-0.2, -0.15) is 4.39 Å². The molecule has 6 heteroatoms. The number of rotatable bonds is 7. The van der Waals surface area contributed by atoms with Gasteiger partial charge >= 0.3 is 0 Å². The number of carbonyl (C=O) groups excluding carboxylic acids is 1. The fraction of sp³-hybridized carbons (Fsp3) is 0.0870. The number of nitrogens with one attached hydrogen (secondary N) is 1. The zero-order valence-electron chi connectivity index (χ0n) is 15.6. The molecule has 0 saturated carbocycles. The molecule has 0 aromatic heterocycles. The fourth-order valence-electron chi connectivity index (χ4n) is 2.46. The number of hydrogen-bond donors (Lipinski definition) is 1. The molecule has 1 atom stereocenters. The van der Waals surface area contributed by atoms with Gasteiger partial charge in [0.2, 0.25) is 0 Å². The summed E-state index contributed by atoms with van der Waals surface area (Å²) in [5, 5.41) is 2.47. The molecule has 0 aliphatic carbocycles. The van der Waals surface area contributed by atoms with Gasteiger partial charge in [-0.1, -0.05) is 42.5 Å². The van der Waals surface area contributed by atoms with E-state index in [4.69, 9.17) is 9.47 Å². The van der Waals surface area contributed by atoms with Gasteiger partial charge in [0.15, 0.2) is 6.10 Å². The van der Waals surface area contributed by atoms with E-state index in [9.17, 15) is 13.6 Å². The summed E-state index contributed by atoms with van der Waals surface area (Å²) in [6, 6.07) is 20.2. The summed E-state index contributed by atoms with van der Waals surface area (Å²) in [5.41, 5.74) is 0.761. The lowest BCUT2D eigenvalue weighted by molar-refractivity contribution is -0.122. The van der Waals surface area contributed by atoms with Gasteiger partial charge in [0.25, 0.3) is 11.9 Å². The van der Waals surface area contributed by atoms with E-state index >= 15 is 0 Å². The van der Waals surface area contributed by atoms with Crippen molar-refractivity contribution in [2.75, 3.05) is 5.32 Å². The summed E-state index contributed by atoms with van der Waals surface area (Å²) in [4.78, 5) is 12.2. The van der Waals surface area contributed by atoms with Crippen LogP contribution in [-0.4, -0.2) is 12.0 Å². The molecule has 0 aliphatic rings. The molecule has 0 unspecified atom stereocenters. The Morgan fingerprint density at radius 2 is 1.55 bits per heavy atom. The van der Waals surface area contributed by atoms with Crippen LogP contribution in [0.4, 0.5) is 14.5 Å². The van der Waals surface area contributed by atoms with Crippen molar-refractivity contribution in [3.63, 3.8) is 0 Å². The van der Waals surface area contributed by atoms with E-state index in [0.29, 0.717) is 11.3 Å². The van der Waals surface area contributed by atoms with Crippen molar-refractivity contribution in [2.24, 2.45) is 0 Å². The zero-order valence-corrected chi connectivity index (χ0v) is 15.6. The topological polar surface area (TPSA) is 47.6 Å². The largest absolute Gasteiger partial charge is 0.481 e. The lowest BCUT2D eigenvalue weighted by atomic mass is 10.2. The van der Waals surface area contributed by atoms with Crippen LogP contribution in [0.1, 0.15) is 12.5 Å². The number of ether oxygens (including phenoxy) is 2. The molecule has 0 fully saturated rings. The average molecular weight is 395 g/mol. The summed E-state index contributed by atoms with van der Waals surface area (Å²) in [6.07, 6.45) is 0.413. The fourth-order valence-corrected chi connectivity index (χ4v) is 2.46. The Bertz CT molecular complexity index is 989. The molecule has 0 radical (unpaired) electrons. The number of amides is 1. The van der Waals surface area contributed by atoms with Crippen molar-refractivity contribution in [3.05, 3.63) is 96.3 Å². The summed E-state index contributed by atoms with van der Waals surface area (Å²) in [5.74, 6) is -0.348. The first-order valence-corrected chi connectivity index (χ1v) is 8.93. The predicted molar refractivity (Wildman–Crippen MR) is 108 cm³/mol. The molecular formula is C23H19F2NO3. The number of benzene rings is 3. The Labute approximate surface area is 167 Å². The Morgan fingerprint density at radius 3 is 2.24 bits per heavy atom. The van der Waals surface area contributed by atoms with Crippen molar-refractivity contribution in [2.45, 2.75) is 13.0 Å². The molecule has 0 heterocycles. The minimum absolute atomic E-state index is 0.0809. The predicted octanol–water partition coefficient (Wildman–Crippen LogP) is 5.58. The molecule has 0 saturated heterocycles. The summed E-state index contributed by atoms with van der Waals surface area (Å²) >= 11 is 0. The first-order valence-electron chi connectivity index (χ1n) is 8.93. The van der Waals surface area contributed by atoms with E-state index in [-0.39, 0.29) is 11.4 Å². The number of para-hydroxylation sites is 1. The van der Waals surface area contributed by atoms with Crippen LogP contribution in [-0.2, 0) is 4.79 Å². The quantitative estimate of drug-likeness (QED) is 0.532. The molecule has 1 amide bonds. The van der Waals surface area contributed by atoms with E-state index in [2.05, 4.69) is 5.32 Å². The maximum atomic E-state index is 14.0. The lowest BCUT2D eigenvalue weighted by Gasteiger charge is -2.15. The van der Waals surface area contributed by atoms with E-state index < -0.39 is 23.8 Å². The maximum Gasteiger partial charge on any atom is 0.278 e. The van der Waals surface area contributed by atoms with Crippen molar-refractivity contribution in [1.82, 2.24) is 0 Å². The van der Waals surface area contributed by atoms with Gasteiger partial charge in [0.1, 0.15) is 17.3 Å². The van der Waals surface area contributed by atoms with E-state index in [0.717, 1.165) is 0 Å². The molecule has 3 aromatic rings. The monoisotopic (exact) mass is 395 g/mol. The van der Waals surface area contributed by atoms with Gasteiger partial charge in [0.05, 0.1) is 5.69 Å². The van der Waals surface area contributed by atoms with Gasteiger partial charge in [-0.25, -0.2) is 4.39 Å². The molecule has 0 spiro atoms. The van der Waals surface area contributed by atoms with Crippen LogP contribution >= 0.6 is 0 Å². The van der Waals surface area contributed by atoms with Crippen LogP contribution < -0.4 is 14.8 Å². The Hall–Kier alpha value is -3.67. The van der Waals surface area contributed by atoms with Gasteiger partial charge in [0, 0.05) is 6.08 Å². The van der Waals surface area contributed by atoms with Crippen LogP contribution in [0, 0.1) is 5.82 Å². The normalized spacial score (nSPS) is 12.2. The Morgan fingerprint density at radius 1 is 0.931 bits per heavy atom. The van der Waals surface area contributed by atoms with Gasteiger partial charge in [-0.15, -0.1) is 0 Å². The van der Waals surface area contributed by atoms with Crippen LogP contribution in [0.25, 0.3) is 6.08 Å². The highest BCUT2D eigenvalue weighted by Gasteiger charge is 2.16. The van der Waals surface area contributed by atoms with Crippen LogP contribution in [0.5, 0.6) is 11.5 Å². The van der Waals surface area contributed by atoms with E-state index in [1.807, 2.05) is 6.07 Å². The second-order valence-corrected chi connectivity index (χ2v) is 6.16. The molecule has 148 valence electrons. The van der Waals surface area contributed by atoms with Crippen molar-refractivity contribution in [3.8, 4) is 11.5 Å². The number of carbonyl (C=O) groups is 1.